The SMILES string of the molecule is CCC(CSC(c1cccc(/C=C/c2ccc3ccc(Cl)cc3n2)c1)c1cccc(C(C)(C)O)c1)C(=O)O. The van der Waals surface area contributed by atoms with Gasteiger partial charge >= 0.3 is 5.97 Å². The Hall–Kier alpha value is -3.12. The third kappa shape index (κ3) is 7.04. The molecule has 38 heavy (non-hydrogen) atoms. The summed E-state index contributed by atoms with van der Waals surface area (Å²) >= 11 is 7.76. The number of aromatic nitrogens is 1. The summed E-state index contributed by atoms with van der Waals surface area (Å²) in [7, 11) is 0. The molecule has 0 fully saturated rings. The molecule has 6 heteroatoms. The fraction of sp³-hybridized carbons (Fsp3) is 0.250. The van der Waals surface area contributed by atoms with Gasteiger partial charge in [0.25, 0.3) is 0 Å². The monoisotopic (exact) mass is 545 g/mol. The van der Waals surface area contributed by atoms with Crippen LogP contribution in [0.25, 0.3) is 23.1 Å². The molecule has 0 saturated carbocycles. The highest BCUT2D eigenvalue weighted by Gasteiger charge is 2.23. The zero-order valence-electron chi connectivity index (χ0n) is 21.8. The smallest absolute Gasteiger partial charge is 0.307 e. The van der Waals surface area contributed by atoms with Crippen molar-refractivity contribution >= 4 is 52.4 Å². The Morgan fingerprint density at radius 2 is 1.71 bits per heavy atom. The number of fused-ring (bicyclic) bond motifs is 1. The highest BCUT2D eigenvalue weighted by Crippen LogP contribution is 2.39. The summed E-state index contributed by atoms with van der Waals surface area (Å²) in [4.78, 5) is 16.4. The van der Waals surface area contributed by atoms with Gasteiger partial charge in [-0.1, -0.05) is 85.3 Å². The van der Waals surface area contributed by atoms with Crippen molar-refractivity contribution in [2.45, 2.75) is 38.0 Å². The lowest BCUT2D eigenvalue weighted by Crippen LogP contribution is -2.17. The van der Waals surface area contributed by atoms with Crippen LogP contribution in [0.4, 0.5) is 0 Å². The molecular formula is C32H32ClNO3S. The Kier molecular flexibility index (Phi) is 8.93. The van der Waals surface area contributed by atoms with E-state index in [0.29, 0.717) is 17.2 Å². The number of thioether (sulfide) groups is 1. The van der Waals surface area contributed by atoms with Gasteiger partial charge in [-0.25, -0.2) is 4.98 Å². The van der Waals surface area contributed by atoms with Gasteiger partial charge in [-0.15, -0.1) is 11.8 Å². The van der Waals surface area contributed by atoms with E-state index in [-0.39, 0.29) is 5.25 Å². The third-order valence-electron chi connectivity index (χ3n) is 6.54. The molecule has 0 saturated heterocycles. The number of rotatable bonds is 10. The molecule has 0 amide bonds. The molecule has 0 bridgehead atoms. The first-order valence-electron chi connectivity index (χ1n) is 12.7. The van der Waals surface area contributed by atoms with E-state index < -0.39 is 17.5 Å². The van der Waals surface area contributed by atoms with Gasteiger partial charge in [0.1, 0.15) is 0 Å². The van der Waals surface area contributed by atoms with Gasteiger partial charge in [0.2, 0.25) is 0 Å². The summed E-state index contributed by atoms with van der Waals surface area (Å²) in [5.41, 5.74) is 4.66. The van der Waals surface area contributed by atoms with Crippen LogP contribution in [-0.4, -0.2) is 26.9 Å². The normalized spacial score (nSPS) is 13.6. The van der Waals surface area contributed by atoms with Crippen LogP contribution in [0.15, 0.2) is 78.9 Å². The minimum atomic E-state index is -0.972. The largest absolute Gasteiger partial charge is 0.481 e. The summed E-state index contributed by atoms with van der Waals surface area (Å²) in [6.45, 7) is 5.45. The number of carboxylic acids is 1. The van der Waals surface area contributed by atoms with Crippen LogP contribution in [0, 0.1) is 5.92 Å². The number of aliphatic hydroxyl groups is 1. The zero-order chi connectivity index (χ0) is 27.3. The number of aliphatic carboxylic acids is 1. The van der Waals surface area contributed by atoms with Crippen molar-refractivity contribution in [1.29, 1.82) is 0 Å². The van der Waals surface area contributed by atoms with E-state index in [4.69, 9.17) is 16.6 Å². The highest BCUT2D eigenvalue weighted by atomic mass is 35.5. The van der Waals surface area contributed by atoms with Crippen molar-refractivity contribution < 1.29 is 15.0 Å². The number of halogens is 1. The lowest BCUT2D eigenvalue weighted by Gasteiger charge is -2.23. The van der Waals surface area contributed by atoms with E-state index in [0.717, 1.165) is 38.9 Å². The predicted octanol–water partition coefficient (Wildman–Crippen LogP) is 8.22. The molecule has 2 N–H and O–H groups in total. The number of benzene rings is 3. The van der Waals surface area contributed by atoms with Crippen LogP contribution in [0.3, 0.4) is 0 Å². The number of nitrogens with zero attached hydrogens (tertiary/aromatic N) is 1. The summed E-state index contributed by atoms with van der Waals surface area (Å²) < 4.78 is 0. The minimum absolute atomic E-state index is 0.0833. The van der Waals surface area contributed by atoms with E-state index >= 15 is 0 Å². The topological polar surface area (TPSA) is 70.4 Å². The lowest BCUT2D eigenvalue weighted by atomic mass is 9.94. The summed E-state index contributed by atoms with van der Waals surface area (Å²) in [5, 5.41) is 21.8. The molecule has 4 nitrogen and oxygen atoms in total. The zero-order valence-corrected chi connectivity index (χ0v) is 23.3. The van der Waals surface area contributed by atoms with Crippen LogP contribution in [-0.2, 0) is 10.4 Å². The van der Waals surface area contributed by atoms with E-state index in [9.17, 15) is 15.0 Å². The first kappa shape index (κ1) is 27.9. The summed E-state index contributed by atoms with van der Waals surface area (Å²) in [5.74, 6) is -0.701. The van der Waals surface area contributed by atoms with Gasteiger partial charge in [-0.2, -0.15) is 0 Å². The highest BCUT2D eigenvalue weighted by molar-refractivity contribution is 7.99. The number of hydrogen-bond acceptors (Lipinski definition) is 4. The summed E-state index contributed by atoms with van der Waals surface area (Å²) in [6, 6.07) is 25.9. The van der Waals surface area contributed by atoms with Crippen molar-refractivity contribution in [2.24, 2.45) is 5.92 Å². The van der Waals surface area contributed by atoms with Crippen molar-refractivity contribution in [3.8, 4) is 0 Å². The second-order valence-corrected chi connectivity index (χ2v) is 11.5. The Balaban J connectivity index is 1.66. The molecule has 0 aliphatic carbocycles. The standard InChI is InChI=1S/C32H32ClNO3S/c1-4-22(31(35)36)20-38-30(25-9-6-10-26(18-25)32(2,3)37)24-8-5-7-21(17-24)11-15-28-16-13-23-12-14-27(33)19-29(23)34-28/h5-19,22,30,37H,4,20H2,1-3H3,(H,35,36)/b15-11+. The molecule has 1 heterocycles. The second kappa shape index (κ2) is 12.2. The fourth-order valence-electron chi connectivity index (χ4n) is 4.25. The molecule has 4 aromatic rings. The van der Waals surface area contributed by atoms with Crippen molar-refractivity contribution in [3.05, 3.63) is 112 Å². The minimum Gasteiger partial charge on any atom is -0.481 e. The van der Waals surface area contributed by atoms with Gasteiger partial charge in [-0.3, -0.25) is 4.79 Å². The number of pyridine rings is 1. The Morgan fingerprint density at radius 3 is 2.42 bits per heavy atom. The quantitative estimate of drug-likeness (QED) is 0.210. The number of carboxylic acid groups (broad SMARTS) is 1. The first-order chi connectivity index (χ1) is 18.1. The maximum Gasteiger partial charge on any atom is 0.307 e. The van der Waals surface area contributed by atoms with Crippen LogP contribution in [0.5, 0.6) is 0 Å². The van der Waals surface area contributed by atoms with E-state index in [1.54, 1.807) is 25.6 Å². The number of carbonyl (C=O) groups is 1. The van der Waals surface area contributed by atoms with Gasteiger partial charge in [0, 0.05) is 16.2 Å². The second-order valence-electron chi connectivity index (χ2n) is 9.92. The lowest BCUT2D eigenvalue weighted by molar-refractivity contribution is -0.140. The average Bonchev–Trinajstić information content (AvgIpc) is 2.89. The first-order valence-corrected chi connectivity index (χ1v) is 14.1. The number of hydrogen-bond donors (Lipinski definition) is 2. The Morgan fingerprint density at radius 1 is 1.00 bits per heavy atom. The van der Waals surface area contributed by atoms with Crippen molar-refractivity contribution in [2.75, 3.05) is 5.75 Å². The molecule has 4 rings (SSSR count). The van der Waals surface area contributed by atoms with Crippen LogP contribution in [0.2, 0.25) is 5.02 Å². The van der Waals surface area contributed by atoms with Gasteiger partial charge in [0.15, 0.2) is 0 Å². The van der Waals surface area contributed by atoms with E-state index in [1.165, 1.54) is 0 Å². The van der Waals surface area contributed by atoms with Crippen molar-refractivity contribution in [1.82, 2.24) is 4.98 Å². The van der Waals surface area contributed by atoms with Crippen molar-refractivity contribution in [3.63, 3.8) is 0 Å². The predicted molar refractivity (Wildman–Crippen MR) is 160 cm³/mol. The summed E-state index contributed by atoms with van der Waals surface area (Å²) in [6.07, 6.45) is 4.59. The van der Waals surface area contributed by atoms with E-state index in [1.807, 2.05) is 85.8 Å². The molecular weight excluding hydrogens is 514 g/mol. The van der Waals surface area contributed by atoms with Crippen LogP contribution in [0.1, 0.15) is 60.4 Å². The Bertz CT molecular complexity index is 1460. The van der Waals surface area contributed by atoms with E-state index in [2.05, 4.69) is 12.1 Å². The molecule has 2 atom stereocenters. The fourth-order valence-corrected chi connectivity index (χ4v) is 5.90. The Labute approximate surface area is 233 Å². The maximum atomic E-state index is 11.7. The van der Waals surface area contributed by atoms with Gasteiger partial charge in [0.05, 0.1) is 28.0 Å². The third-order valence-corrected chi connectivity index (χ3v) is 8.25. The molecule has 0 spiro atoms. The maximum absolute atomic E-state index is 11.7. The van der Waals surface area contributed by atoms with Gasteiger partial charge < -0.3 is 10.2 Å². The molecule has 0 aliphatic heterocycles. The molecule has 1 aromatic heterocycles. The van der Waals surface area contributed by atoms with Crippen LogP contribution < -0.4 is 0 Å². The molecule has 3 aromatic carbocycles. The molecule has 0 radical (unpaired) electrons. The van der Waals surface area contributed by atoms with Gasteiger partial charge in [-0.05, 0) is 66.8 Å². The molecule has 0 aliphatic rings. The average molecular weight is 546 g/mol. The molecule has 2 unspecified atom stereocenters. The molecule has 196 valence electrons. The van der Waals surface area contributed by atoms with Crippen LogP contribution >= 0.6 is 23.4 Å².